The van der Waals surface area contributed by atoms with Crippen LogP contribution in [0.2, 0.25) is 5.15 Å². The van der Waals surface area contributed by atoms with Gasteiger partial charge in [0.05, 0.1) is 23.1 Å². The summed E-state index contributed by atoms with van der Waals surface area (Å²) in [5, 5.41) is 9.40. The third-order valence-corrected chi connectivity index (χ3v) is 3.78. The Morgan fingerprint density at radius 1 is 1.37 bits per heavy atom. The van der Waals surface area contributed by atoms with Crippen LogP contribution in [0.25, 0.3) is 0 Å². The van der Waals surface area contributed by atoms with Gasteiger partial charge in [-0.3, -0.25) is 9.36 Å². The third-order valence-electron chi connectivity index (χ3n) is 3.31. The third kappa shape index (κ3) is 2.67. The predicted octanol–water partition coefficient (Wildman–Crippen LogP) is 2.15. The minimum absolute atomic E-state index is 0.124. The molecule has 0 saturated heterocycles. The van der Waals surface area contributed by atoms with Gasteiger partial charge in [-0.05, 0) is 33.3 Å². The van der Waals surface area contributed by atoms with E-state index < -0.39 is 0 Å². The first-order valence-corrected chi connectivity index (χ1v) is 6.79. The van der Waals surface area contributed by atoms with E-state index in [1.165, 1.54) is 0 Å². The summed E-state index contributed by atoms with van der Waals surface area (Å²) in [6.45, 7) is 6.81. The maximum absolute atomic E-state index is 6.31. The van der Waals surface area contributed by atoms with E-state index in [9.17, 15) is 0 Å². The number of aryl methyl sites for hydroxylation is 4. The molecule has 2 aromatic rings. The molecule has 1 unspecified atom stereocenters. The number of hydrogen-bond acceptors (Lipinski definition) is 3. The van der Waals surface area contributed by atoms with Crippen molar-refractivity contribution in [3.05, 3.63) is 33.9 Å². The van der Waals surface area contributed by atoms with Gasteiger partial charge < -0.3 is 5.73 Å². The van der Waals surface area contributed by atoms with Crippen molar-refractivity contribution in [2.45, 2.75) is 39.8 Å². The molecule has 0 aromatic carbocycles. The Labute approximate surface area is 118 Å². The monoisotopic (exact) mass is 281 g/mol. The highest BCUT2D eigenvalue weighted by Gasteiger charge is 2.18. The molecule has 0 aliphatic carbocycles. The van der Waals surface area contributed by atoms with Crippen LogP contribution in [0.1, 0.15) is 35.6 Å². The lowest BCUT2D eigenvalue weighted by Gasteiger charge is -2.13. The molecule has 0 spiro atoms. The highest BCUT2D eigenvalue weighted by molar-refractivity contribution is 6.30. The van der Waals surface area contributed by atoms with Gasteiger partial charge in [0.2, 0.25) is 0 Å². The second-order valence-electron chi connectivity index (χ2n) is 4.82. The van der Waals surface area contributed by atoms with Crippen molar-refractivity contribution in [3.63, 3.8) is 0 Å². The van der Waals surface area contributed by atoms with Crippen molar-refractivity contribution in [2.24, 2.45) is 12.8 Å². The highest BCUT2D eigenvalue weighted by atomic mass is 35.5. The summed E-state index contributed by atoms with van der Waals surface area (Å²) in [6, 6.07) is 1.91. The zero-order valence-corrected chi connectivity index (χ0v) is 12.6. The quantitative estimate of drug-likeness (QED) is 0.934. The van der Waals surface area contributed by atoms with Crippen molar-refractivity contribution >= 4 is 11.6 Å². The molecule has 0 saturated carbocycles. The summed E-state index contributed by atoms with van der Waals surface area (Å²) < 4.78 is 3.63. The van der Waals surface area contributed by atoms with Gasteiger partial charge in [0, 0.05) is 19.2 Å². The lowest BCUT2D eigenvalue weighted by atomic mass is 10.0. The van der Waals surface area contributed by atoms with Crippen molar-refractivity contribution in [2.75, 3.05) is 0 Å². The predicted molar refractivity (Wildman–Crippen MR) is 76.2 cm³/mol. The number of halogens is 1. The molecule has 19 heavy (non-hydrogen) atoms. The number of nitrogens with zero attached hydrogens (tertiary/aromatic N) is 4. The van der Waals surface area contributed by atoms with Crippen LogP contribution in [-0.2, 0) is 20.0 Å². The Balaban J connectivity index is 2.27. The standard InChI is InChI=1S/C13H20ClN5/c1-5-19-12(6-8(2)16-19)11(15)7-10-9(3)17-18(4)13(10)14/h6,11H,5,7,15H2,1-4H3. The van der Waals surface area contributed by atoms with Crippen LogP contribution in [0, 0.1) is 13.8 Å². The zero-order chi connectivity index (χ0) is 14.2. The Hall–Kier alpha value is -1.33. The Morgan fingerprint density at radius 3 is 2.58 bits per heavy atom. The fourth-order valence-corrected chi connectivity index (χ4v) is 2.60. The van der Waals surface area contributed by atoms with Gasteiger partial charge in [-0.15, -0.1) is 0 Å². The second-order valence-corrected chi connectivity index (χ2v) is 5.17. The minimum Gasteiger partial charge on any atom is -0.322 e. The fraction of sp³-hybridized carbons (Fsp3) is 0.538. The molecule has 6 heteroatoms. The molecule has 0 fully saturated rings. The van der Waals surface area contributed by atoms with Crippen LogP contribution in [0.15, 0.2) is 6.07 Å². The van der Waals surface area contributed by atoms with Crippen molar-refractivity contribution < 1.29 is 0 Å². The molecule has 5 nitrogen and oxygen atoms in total. The molecule has 2 aromatic heterocycles. The Kier molecular flexibility index (Phi) is 3.96. The van der Waals surface area contributed by atoms with E-state index in [-0.39, 0.29) is 6.04 Å². The van der Waals surface area contributed by atoms with Crippen LogP contribution < -0.4 is 5.73 Å². The zero-order valence-electron chi connectivity index (χ0n) is 11.8. The molecular formula is C13H20ClN5. The average molecular weight is 282 g/mol. The molecular weight excluding hydrogens is 262 g/mol. The topological polar surface area (TPSA) is 61.7 Å². The normalized spacial score (nSPS) is 12.9. The highest BCUT2D eigenvalue weighted by Crippen LogP contribution is 2.24. The number of hydrogen-bond donors (Lipinski definition) is 1. The Bertz CT molecular complexity index is 584. The SMILES string of the molecule is CCn1nc(C)cc1C(N)Cc1c(C)nn(C)c1Cl. The Morgan fingerprint density at radius 2 is 2.05 bits per heavy atom. The molecule has 0 aliphatic heterocycles. The van der Waals surface area contributed by atoms with Crippen LogP contribution in [0.3, 0.4) is 0 Å². The average Bonchev–Trinajstić information content (AvgIpc) is 2.85. The summed E-state index contributed by atoms with van der Waals surface area (Å²) in [7, 11) is 1.84. The number of rotatable bonds is 4. The minimum atomic E-state index is -0.124. The van der Waals surface area contributed by atoms with E-state index in [1.807, 2.05) is 31.6 Å². The lowest BCUT2D eigenvalue weighted by molar-refractivity contribution is 0.566. The summed E-state index contributed by atoms with van der Waals surface area (Å²) in [4.78, 5) is 0. The second kappa shape index (κ2) is 5.35. The van der Waals surface area contributed by atoms with Crippen molar-refractivity contribution in [1.29, 1.82) is 0 Å². The van der Waals surface area contributed by atoms with Crippen LogP contribution in [-0.4, -0.2) is 19.6 Å². The first kappa shape index (κ1) is 14.1. The smallest absolute Gasteiger partial charge is 0.130 e. The number of aromatic nitrogens is 4. The van der Waals surface area contributed by atoms with Crippen molar-refractivity contribution in [3.8, 4) is 0 Å². The first-order valence-electron chi connectivity index (χ1n) is 6.42. The largest absolute Gasteiger partial charge is 0.322 e. The maximum Gasteiger partial charge on any atom is 0.130 e. The summed E-state index contributed by atoms with van der Waals surface area (Å²) in [5.74, 6) is 0. The van der Waals surface area contributed by atoms with Gasteiger partial charge in [0.25, 0.3) is 0 Å². The van der Waals surface area contributed by atoms with E-state index in [2.05, 4.69) is 17.1 Å². The van der Waals surface area contributed by atoms with E-state index in [4.69, 9.17) is 17.3 Å². The van der Waals surface area contributed by atoms with Crippen LogP contribution in [0.4, 0.5) is 0 Å². The van der Waals surface area contributed by atoms with Crippen LogP contribution in [0.5, 0.6) is 0 Å². The van der Waals surface area contributed by atoms with Gasteiger partial charge >= 0.3 is 0 Å². The fourth-order valence-electron chi connectivity index (χ4n) is 2.35. The number of nitrogens with two attached hydrogens (primary N) is 1. The molecule has 2 N–H and O–H groups in total. The van der Waals surface area contributed by atoms with E-state index >= 15 is 0 Å². The summed E-state index contributed by atoms with van der Waals surface area (Å²) in [5.41, 5.74) is 10.3. The lowest BCUT2D eigenvalue weighted by Crippen LogP contribution is -2.18. The van der Waals surface area contributed by atoms with Gasteiger partial charge in [-0.1, -0.05) is 11.6 Å². The molecule has 1 atom stereocenters. The van der Waals surface area contributed by atoms with E-state index in [0.717, 1.165) is 29.2 Å². The summed E-state index contributed by atoms with van der Waals surface area (Å²) in [6.07, 6.45) is 0.670. The van der Waals surface area contributed by atoms with E-state index in [0.29, 0.717) is 11.6 Å². The molecule has 0 bridgehead atoms. The van der Waals surface area contributed by atoms with Crippen molar-refractivity contribution in [1.82, 2.24) is 19.6 Å². The van der Waals surface area contributed by atoms with E-state index in [1.54, 1.807) is 4.68 Å². The van der Waals surface area contributed by atoms with Gasteiger partial charge in [0.15, 0.2) is 0 Å². The van der Waals surface area contributed by atoms with Gasteiger partial charge in [0.1, 0.15) is 5.15 Å². The molecule has 2 heterocycles. The molecule has 0 radical (unpaired) electrons. The summed E-state index contributed by atoms with van der Waals surface area (Å²) >= 11 is 6.25. The van der Waals surface area contributed by atoms with Crippen LogP contribution >= 0.6 is 11.6 Å². The molecule has 2 rings (SSSR count). The van der Waals surface area contributed by atoms with Gasteiger partial charge in [-0.2, -0.15) is 10.2 Å². The van der Waals surface area contributed by atoms with Gasteiger partial charge in [-0.25, -0.2) is 0 Å². The molecule has 0 amide bonds. The maximum atomic E-state index is 6.31. The first-order chi connectivity index (χ1) is 8.93. The molecule has 104 valence electrons. The molecule has 0 aliphatic rings.